The van der Waals surface area contributed by atoms with Gasteiger partial charge in [-0.3, -0.25) is 0 Å². The van der Waals surface area contributed by atoms with Crippen molar-refractivity contribution in [3.8, 4) is 0 Å². The van der Waals surface area contributed by atoms with Crippen LogP contribution in [0.25, 0.3) is 0 Å². The second-order valence-corrected chi connectivity index (χ2v) is 5.30. The highest BCUT2D eigenvalue weighted by Gasteiger charge is 2.36. The summed E-state index contributed by atoms with van der Waals surface area (Å²) in [5.74, 6) is 3.24. The standard InChI is InChI=1S/C13H20/c1-2-5-11-9-13-7-3-6-12(13)8-10(11)4-1/h4,11-13H,1-3,5-9H2. The number of fused-ring (bicyclic) bond motifs is 2. The lowest BCUT2D eigenvalue weighted by Crippen LogP contribution is -2.24. The topological polar surface area (TPSA) is 0 Å². The molecule has 0 aromatic carbocycles. The molecule has 0 aromatic rings. The van der Waals surface area contributed by atoms with Crippen LogP contribution >= 0.6 is 0 Å². The maximum atomic E-state index is 2.57. The summed E-state index contributed by atoms with van der Waals surface area (Å²) in [5.41, 5.74) is 1.86. The van der Waals surface area contributed by atoms with Crippen molar-refractivity contribution in [2.75, 3.05) is 0 Å². The van der Waals surface area contributed by atoms with E-state index in [-0.39, 0.29) is 0 Å². The highest BCUT2D eigenvalue weighted by Crippen LogP contribution is 2.49. The van der Waals surface area contributed by atoms with Gasteiger partial charge in [0.15, 0.2) is 0 Å². The Hall–Kier alpha value is -0.260. The zero-order valence-electron chi connectivity index (χ0n) is 8.47. The molecule has 72 valence electrons. The van der Waals surface area contributed by atoms with Crippen molar-refractivity contribution in [1.82, 2.24) is 0 Å². The van der Waals surface area contributed by atoms with Crippen molar-refractivity contribution in [1.29, 1.82) is 0 Å². The molecule has 0 radical (unpaired) electrons. The van der Waals surface area contributed by atoms with E-state index in [1.807, 2.05) is 5.57 Å². The number of allylic oxidation sites excluding steroid dienone is 2. The van der Waals surface area contributed by atoms with E-state index in [0.29, 0.717) is 0 Å². The Labute approximate surface area is 81.4 Å². The van der Waals surface area contributed by atoms with Crippen LogP contribution in [0.15, 0.2) is 11.6 Å². The lowest BCUT2D eigenvalue weighted by molar-refractivity contribution is 0.249. The van der Waals surface area contributed by atoms with Crippen LogP contribution in [0.4, 0.5) is 0 Å². The maximum Gasteiger partial charge on any atom is -0.0200 e. The van der Waals surface area contributed by atoms with Crippen LogP contribution in [0.1, 0.15) is 51.4 Å². The van der Waals surface area contributed by atoms with Crippen LogP contribution in [-0.2, 0) is 0 Å². The lowest BCUT2D eigenvalue weighted by atomic mass is 9.69. The van der Waals surface area contributed by atoms with Crippen LogP contribution < -0.4 is 0 Å². The van der Waals surface area contributed by atoms with E-state index in [2.05, 4.69) is 6.08 Å². The molecule has 0 N–H and O–H groups in total. The normalized spacial score (nSPS) is 43.7. The quantitative estimate of drug-likeness (QED) is 0.491. The largest absolute Gasteiger partial charge is 0.0850 e. The van der Waals surface area contributed by atoms with Gasteiger partial charge in [-0.1, -0.05) is 24.5 Å². The van der Waals surface area contributed by atoms with E-state index in [9.17, 15) is 0 Å². The van der Waals surface area contributed by atoms with Crippen molar-refractivity contribution < 1.29 is 0 Å². The van der Waals surface area contributed by atoms with Crippen molar-refractivity contribution in [2.45, 2.75) is 51.4 Å². The van der Waals surface area contributed by atoms with Gasteiger partial charge in [-0.25, -0.2) is 0 Å². The van der Waals surface area contributed by atoms with Gasteiger partial charge in [0.25, 0.3) is 0 Å². The van der Waals surface area contributed by atoms with Crippen molar-refractivity contribution in [3.05, 3.63) is 11.6 Å². The monoisotopic (exact) mass is 176 g/mol. The fraction of sp³-hybridized carbons (Fsp3) is 0.846. The Kier molecular flexibility index (Phi) is 1.96. The molecule has 2 saturated carbocycles. The molecule has 0 heteroatoms. The molecule has 0 heterocycles. The Morgan fingerprint density at radius 2 is 1.92 bits per heavy atom. The summed E-state index contributed by atoms with van der Waals surface area (Å²) in [5, 5.41) is 0. The molecule has 0 nitrogen and oxygen atoms in total. The molecule has 3 aliphatic carbocycles. The predicted octanol–water partition coefficient (Wildman–Crippen LogP) is 3.92. The predicted molar refractivity (Wildman–Crippen MR) is 55.5 cm³/mol. The van der Waals surface area contributed by atoms with Gasteiger partial charge in [-0.05, 0) is 56.3 Å². The van der Waals surface area contributed by atoms with E-state index in [4.69, 9.17) is 0 Å². The molecular formula is C13H20. The molecule has 0 aromatic heterocycles. The molecule has 13 heavy (non-hydrogen) atoms. The van der Waals surface area contributed by atoms with Crippen LogP contribution in [0, 0.1) is 17.8 Å². The lowest BCUT2D eigenvalue weighted by Gasteiger charge is -2.36. The molecule has 0 amide bonds. The Morgan fingerprint density at radius 3 is 2.92 bits per heavy atom. The fourth-order valence-electron chi connectivity index (χ4n) is 3.88. The summed E-state index contributed by atoms with van der Waals surface area (Å²) in [6.07, 6.45) is 14.6. The zero-order valence-corrected chi connectivity index (χ0v) is 8.47. The van der Waals surface area contributed by atoms with Crippen molar-refractivity contribution in [2.24, 2.45) is 17.8 Å². The van der Waals surface area contributed by atoms with Crippen LogP contribution in [0.5, 0.6) is 0 Å². The first-order chi connectivity index (χ1) is 6.43. The van der Waals surface area contributed by atoms with E-state index in [1.165, 1.54) is 38.5 Å². The average molecular weight is 176 g/mol. The molecule has 3 unspecified atom stereocenters. The third kappa shape index (κ3) is 1.35. The number of hydrogen-bond donors (Lipinski definition) is 0. The molecule has 3 rings (SSSR count). The summed E-state index contributed by atoms with van der Waals surface area (Å²) < 4.78 is 0. The molecule has 0 aliphatic heterocycles. The average Bonchev–Trinajstić information content (AvgIpc) is 2.61. The maximum absolute atomic E-state index is 2.57. The van der Waals surface area contributed by atoms with E-state index in [0.717, 1.165) is 17.8 Å². The van der Waals surface area contributed by atoms with Gasteiger partial charge in [0.05, 0.1) is 0 Å². The first-order valence-corrected chi connectivity index (χ1v) is 6.12. The molecule has 0 spiro atoms. The van der Waals surface area contributed by atoms with E-state index < -0.39 is 0 Å². The SMILES string of the molecule is C1=C2CC3CCCC3CC2CCC1. The Morgan fingerprint density at radius 1 is 1.00 bits per heavy atom. The third-order valence-electron chi connectivity index (χ3n) is 4.59. The molecule has 2 fully saturated rings. The highest BCUT2D eigenvalue weighted by atomic mass is 14.4. The van der Waals surface area contributed by atoms with Gasteiger partial charge in [-0.15, -0.1) is 0 Å². The van der Waals surface area contributed by atoms with Crippen molar-refractivity contribution in [3.63, 3.8) is 0 Å². The fourth-order valence-corrected chi connectivity index (χ4v) is 3.88. The minimum absolute atomic E-state index is 1.02. The third-order valence-corrected chi connectivity index (χ3v) is 4.59. The van der Waals surface area contributed by atoms with Crippen LogP contribution in [0.3, 0.4) is 0 Å². The Bertz CT molecular complexity index is 226. The van der Waals surface area contributed by atoms with E-state index in [1.54, 1.807) is 12.8 Å². The smallest absolute Gasteiger partial charge is 0.0200 e. The number of hydrogen-bond acceptors (Lipinski definition) is 0. The first kappa shape index (κ1) is 8.08. The van der Waals surface area contributed by atoms with Gasteiger partial charge in [0, 0.05) is 0 Å². The zero-order chi connectivity index (χ0) is 8.67. The molecular weight excluding hydrogens is 156 g/mol. The summed E-state index contributed by atoms with van der Waals surface area (Å²) in [6, 6.07) is 0. The van der Waals surface area contributed by atoms with E-state index >= 15 is 0 Å². The Balaban J connectivity index is 1.80. The molecule has 3 atom stereocenters. The van der Waals surface area contributed by atoms with Crippen molar-refractivity contribution >= 4 is 0 Å². The minimum Gasteiger partial charge on any atom is -0.0850 e. The minimum atomic E-state index is 1.02. The highest BCUT2D eigenvalue weighted by molar-refractivity contribution is 5.15. The van der Waals surface area contributed by atoms with Gasteiger partial charge in [0.2, 0.25) is 0 Å². The van der Waals surface area contributed by atoms with Gasteiger partial charge in [-0.2, -0.15) is 0 Å². The van der Waals surface area contributed by atoms with Gasteiger partial charge < -0.3 is 0 Å². The van der Waals surface area contributed by atoms with Crippen LogP contribution in [0.2, 0.25) is 0 Å². The molecule has 3 aliphatic rings. The summed E-state index contributed by atoms with van der Waals surface area (Å²) in [6.45, 7) is 0. The summed E-state index contributed by atoms with van der Waals surface area (Å²) in [7, 11) is 0. The first-order valence-electron chi connectivity index (χ1n) is 6.12. The number of rotatable bonds is 0. The second kappa shape index (κ2) is 3.15. The van der Waals surface area contributed by atoms with Gasteiger partial charge >= 0.3 is 0 Å². The van der Waals surface area contributed by atoms with Crippen LogP contribution in [-0.4, -0.2) is 0 Å². The molecule has 0 bridgehead atoms. The second-order valence-electron chi connectivity index (χ2n) is 5.30. The van der Waals surface area contributed by atoms with Gasteiger partial charge in [0.1, 0.15) is 0 Å². The summed E-state index contributed by atoms with van der Waals surface area (Å²) >= 11 is 0. The summed E-state index contributed by atoms with van der Waals surface area (Å²) in [4.78, 5) is 0. The molecule has 0 saturated heterocycles.